The van der Waals surface area contributed by atoms with Gasteiger partial charge in [0.15, 0.2) is 0 Å². The summed E-state index contributed by atoms with van der Waals surface area (Å²) in [6, 6.07) is 8.90. The van der Waals surface area contributed by atoms with Crippen LogP contribution in [0.4, 0.5) is 5.82 Å². The Balaban J connectivity index is 2.34. The van der Waals surface area contributed by atoms with Crippen molar-refractivity contribution in [2.75, 3.05) is 5.73 Å². The van der Waals surface area contributed by atoms with E-state index in [0.717, 1.165) is 16.6 Å². The molecule has 4 N–H and O–H groups in total. The minimum absolute atomic E-state index is 0.164. The summed E-state index contributed by atoms with van der Waals surface area (Å²) in [5.74, 6) is 0.599. The molecule has 0 saturated heterocycles. The van der Waals surface area contributed by atoms with Gasteiger partial charge in [-0.1, -0.05) is 6.07 Å². The van der Waals surface area contributed by atoms with Crippen LogP contribution in [-0.4, -0.2) is 20.3 Å². The zero-order valence-corrected chi connectivity index (χ0v) is 8.88. The van der Waals surface area contributed by atoms with E-state index in [1.807, 2.05) is 18.2 Å². The Labute approximate surface area is 96.9 Å². The molecule has 0 aliphatic heterocycles. The third-order valence-electron chi connectivity index (χ3n) is 2.64. The molecule has 17 heavy (non-hydrogen) atoms. The van der Waals surface area contributed by atoms with Crippen LogP contribution >= 0.6 is 0 Å². The van der Waals surface area contributed by atoms with E-state index in [1.54, 1.807) is 18.3 Å². The van der Waals surface area contributed by atoms with Crippen molar-refractivity contribution in [1.82, 2.24) is 15.2 Å². The molecule has 1 aromatic carbocycles. The summed E-state index contributed by atoms with van der Waals surface area (Å²) in [6.45, 7) is 0. The largest absolute Gasteiger partial charge is 0.506 e. The van der Waals surface area contributed by atoms with E-state index in [0.29, 0.717) is 11.3 Å². The van der Waals surface area contributed by atoms with Crippen molar-refractivity contribution in [3.05, 3.63) is 36.5 Å². The lowest BCUT2D eigenvalue weighted by Crippen LogP contribution is -1.84. The molecule has 2 aromatic heterocycles. The number of hydrogen-bond donors (Lipinski definition) is 3. The van der Waals surface area contributed by atoms with Crippen molar-refractivity contribution in [2.24, 2.45) is 0 Å². The first-order chi connectivity index (χ1) is 8.25. The van der Waals surface area contributed by atoms with E-state index in [4.69, 9.17) is 5.73 Å². The number of nitrogens with two attached hydrogens (primary N) is 1. The van der Waals surface area contributed by atoms with Gasteiger partial charge in [0.25, 0.3) is 0 Å². The molecule has 3 aromatic rings. The minimum Gasteiger partial charge on any atom is -0.506 e. The van der Waals surface area contributed by atoms with Gasteiger partial charge in [0.05, 0.1) is 5.69 Å². The van der Waals surface area contributed by atoms with Gasteiger partial charge in [-0.3, -0.25) is 10.1 Å². The lowest BCUT2D eigenvalue weighted by atomic mass is 10.1. The van der Waals surface area contributed by atoms with Gasteiger partial charge in [0.1, 0.15) is 17.1 Å². The number of phenolic OH excluding ortho intramolecular Hbond substituents is 1. The van der Waals surface area contributed by atoms with E-state index < -0.39 is 0 Å². The molecule has 84 valence electrons. The summed E-state index contributed by atoms with van der Waals surface area (Å²) < 4.78 is 0. The fraction of sp³-hybridized carbons (Fsp3) is 0. The number of nitrogen functional groups attached to an aromatic ring is 1. The third-order valence-corrected chi connectivity index (χ3v) is 2.64. The highest BCUT2D eigenvalue weighted by atomic mass is 16.3. The zero-order valence-electron chi connectivity index (χ0n) is 8.88. The Kier molecular flexibility index (Phi) is 1.98. The Morgan fingerprint density at radius 3 is 2.88 bits per heavy atom. The lowest BCUT2D eigenvalue weighted by molar-refractivity contribution is 0.480. The van der Waals surface area contributed by atoms with Gasteiger partial charge in [0.2, 0.25) is 0 Å². The normalized spacial score (nSPS) is 10.8. The van der Waals surface area contributed by atoms with Gasteiger partial charge in [-0.15, -0.1) is 0 Å². The number of pyridine rings is 1. The summed E-state index contributed by atoms with van der Waals surface area (Å²) in [7, 11) is 0. The van der Waals surface area contributed by atoms with Gasteiger partial charge >= 0.3 is 0 Å². The molecule has 0 bridgehead atoms. The monoisotopic (exact) mass is 226 g/mol. The Bertz CT molecular complexity index is 690. The lowest BCUT2D eigenvalue weighted by Gasteiger charge is -2.05. The van der Waals surface area contributed by atoms with E-state index >= 15 is 0 Å². The molecule has 0 atom stereocenters. The second-order valence-electron chi connectivity index (χ2n) is 3.74. The number of hydrogen-bond acceptors (Lipinski definition) is 4. The standard InChI is InChI=1S/C12H10N4O/c13-11-6-9(15-16-11)7-3-4-10(17)12-8(7)2-1-5-14-12/h1-6,17H,(H3,13,15,16). The van der Waals surface area contributed by atoms with Crippen LogP contribution in [0.2, 0.25) is 0 Å². The molecule has 0 unspecified atom stereocenters. The summed E-state index contributed by atoms with van der Waals surface area (Å²) in [4.78, 5) is 4.16. The molecule has 0 fully saturated rings. The average Bonchev–Trinajstić information content (AvgIpc) is 2.77. The Morgan fingerprint density at radius 1 is 1.24 bits per heavy atom. The molecule has 0 spiro atoms. The van der Waals surface area contributed by atoms with Crippen LogP contribution in [-0.2, 0) is 0 Å². The number of nitrogens with one attached hydrogen (secondary N) is 1. The molecule has 0 saturated carbocycles. The summed E-state index contributed by atoms with van der Waals surface area (Å²) >= 11 is 0. The Hall–Kier alpha value is -2.56. The highest BCUT2D eigenvalue weighted by Crippen LogP contribution is 2.31. The quantitative estimate of drug-likeness (QED) is 0.591. The first-order valence-corrected chi connectivity index (χ1v) is 5.13. The van der Waals surface area contributed by atoms with E-state index in [2.05, 4.69) is 15.2 Å². The Morgan fingerprint density at radius 2 is 2.12 bits per heavy atom. The van der Waals surface area contributed by atoms with Gasteiger partial charge in [0, 0.05) is 23.2 Å². The molecular weight excluding hydrogens is 216 g/mol. The second-order valence-corrected chi connectivity index (χ2v) is 3.74. The fourth-order valence-corrected chi connectivity index (χ4v) is 1.87. The number of aromatic hydroxyl groups is 1. The minimum atomic E-state index is 0.164. The summed E-state index contributed by atoms with van der Waals surface area (Å²) in [6.07, 6.45) is 1.65. The van der Waals surface area contributed by atoms with Crippen molar-refractivity contribution < 1.29 is 5.11 Å². The summed E-state index contributed by atoms with van der Waals surface area (Å²) in [5, 5.41) is 17.3. The molecule has 5 nitrogen and oxygen atoms in total. The van der Waals surface area contributed by atoms with Gasteiger partial charge in [-0.05, 0) is 18.2 Å². The molecule has 0 aliphatic rings. The predicted molar refractivity (Wildman–Crippen MR) is 65.4 cm³/mol. The number of fused-ring (bicyclic) bond motifs is 1. The average molecular weight is 226 g/mol. The maximum atomic E-state index is 9.73. The van der Waals surface area contributed by atoms with Crippen LogP contribution in [0.5, 0.6) is 5.75 Å². The van der Waals surface area contributed by atoms with Crippen molar-refractivity contribution in [3.8, 4) is 17.0 Å². The highest BCUT2D eigenvalue weighted by molar-refractivity contribution is 5.96. The first-order valence-electron chi connectivity index (χ1n) is 5.13. The van der Waals surface area contributed by atoms with Crippen LogP contribution in [0.15, 0.2) is 36.5 Å². The third kappa shape index (κ3) is 1.48. The topological polar surface area (TPSA) is 87.8 Å². The van der Waals surface area contributed by atoms with Crippen LogP contribution in [0.1, 0.15) is 0 Å². The van der Waals surface area contributed by atoms with E-state index in [-0.39, 0.29) is 5.75 Å². The smallest absolute Gasteiger partial charge is 0.145 e. The predicted octanol–water partition coefficient (Wildman–Crippen LogP) is 1.91. The summed E-state index contributed by atoms with van der Waals surface area (Å²) in [5.41, 5.74) is 7.87. The zero-order chi connectivity index (χ0) is 11.8. The SMILES string of the molecule is Nc1cc(-c2ccc(O)c3ncccc23)[nH]n1. The van der Waals surface area contributed by atoms with Crippen molar-refractivity contribution in [1.29, 1.82) is 0 Å². The highest BCUT2D eigenvalue weighted by Gasteiger charge is 2.09. The second kappa shape index (κ2) is 3.48. The molecule has 0 aliphatic carbocycles. The number of phenols is 1. The molecule has 0 radical (unpaired) electrons. The number of H-pyrrole nitrogens is 1. The molecular formula is C12H10N4O. The van der Waals surface area contributed by atoms with Gasteiger partial charge in [-0.2, -0.15) is 5.10 Å². The van der Waals surface area contributed by atoms with Crippen molar-refractivity contribution in [3.63, 3.8) is 0 Å². The number of aromatic nitrogens is 3. The van der Waals surface area contributed by atoms with Crippen LogP contribution in [0.3, 0.4) is 0 Å². The van der Waals surface area contributed by atoms with Crippen molar-refractivity contribution >= 4 is 16.7 Å². The van der Waals surface area contributed by atoms with E-state index in [1.165, 1.54) is 0 Å². The van der Waals surface area contributed by atoms with E-state index in [9.17, 15) is 5.11 Å². The number of anilines is 1. The number of nitrogens with zero attached hydrogens (tertiary/aromatic N) is 2. The van der Waals surface area contributed by atoms with Gasteiger partial charge in [-0.25, -0.2) is 0 Å². The maximum absolute atomic E-state index is 9.73. The first kappa shape index (κ1) is 9.65. The van der Waals surface area contributed by atoms with Gasteiger partial charge < -0.3 is 10.8 Å². The molecule has 3 rings (SSSR count). The van der Waals surface area contributed by atoms with Crippen LogP contribution < -0.4 is 5.73 Å². The molecule has 5 heteroatoms. The van der Waals surface area contributed by atoms with Crippen LogP contribution in [0.25, 0.3) is 22.2 Å². The fourth-order valence-electron chi connectivity index (χ4n) is 1.87. The molecule has 0 amide bonds. The van der Waals surface area contributed by atoms with Crippen molar-refractivity contribution in [2.45, 2.75) is 0 Å². The molecule has 2 heterocycles. The maximum Gasteiger partial charge on any atom is 0.145 e. The number of aromatic amines is 1. The van der Waals surface area contributed by atoms with Crippen LogP contribution in [0, 0.1) is 0 Å². The number of benzene rings is 1. The number of rotatable bonds is 1.